The molecule has 2 aromatic heterocycles. The molecule has 2 aliphatic rings. The molecule has 0 spiro atoms. The van der Waals surface area contributed by atoms with Crippen molar-refractivity contribution in [2.45, 2.75) is 19.4 Å². The van der Waals surface area contributed by atoms with Crippen LogP contribution in [0.5, 0.6) is 0 Å². The number of nitrogens with one attached hydrogen (secondary N) is 2. The summed E-state index contributed by atoms with van der Waals surface area (Å²) in [6, 6.07) is 9.23. The lowest BCUT2D eigenvalue weighted by Crippen LogP contribution is -2.51. The Balaban J connectivity index is 1.31. The van der Waals surface area contributed by atoms with Crippen molar-refractivity contribution in [3.63, 3.8) is 0 Å². The molecule has 39 heavy (non-hydrogen) atoms. The molecule has 2 N–H and O–H groups in total. The van der Waals surface area contributed by atoms with E-state index >= 15 is 0 Å². The van der Waals surface area contributed by atoms with Crippen LogP contribution in [0.25, 0.3) is 11.3 Å². The first-order chi connectivity index (χ1) is 18.9. The molecule has 1 saturated heterocycles. The number of halogens is 3. The molecule has 0 radical (unpaired) electrons. The highest BCUT2D eigenvalue weighted by molar-refractivity contribution is 7.14. The number of amides is 1. The third-order valence-corrected chi connectivity index (χ3v) is 7.77. The molecule has 0 aliphatic carbocycles. The van der Waals surface area contributed by atoms with E-state index in [0.717, 1.165) is 12.1 Å². The number of anilines is 4. The number of carbonyl (C=O) groups excluding carboxylic acids is 1. The summed E-state index contributed by atoms with van der Waals surface area (Å²) in [4.78, 5) is 30.0. The Hall–Kier alpha value is -3.67. The molecule has 12 heteroatoms. The summed E-state index contributed by atoms with van der Waals surface area (Å²) in [6.45, 7) is 4.36. The fourth-order valence-electron chi connectivity index (χ4n) is 4.95. The fourth-order valence-corrected chi connectivity index (χ4v) is 5.79. The quantitative estimate of drug-likeness (QED) is 0.341. The highest BCUT2D eigenvalue weighted by Gasteiger charge is 2.27. The minimum absolute atomic E-state index is 0.109. The molecular formula is C27H24ClF2N7OS. The van der Waals surface area contributed by atoms with E-state index in [9.17, 15) is 13.6 Å². The number of rotatable bonds is 4. The Kier molecular flexibility index (Phi) is 6.88. The molecule has 2 aliphatic heterocycles. The van der Waals surface area contributed by atoms with Crippen molar-refractivity contribution in [3.05, 3.63) is 75.9 Å². The molecule has 4 heterocycles. The van der Waals surface area contributed by atoms with Crippen molar-refractivity contribution in [2.75, 3.05) is 36.4 Å². The van der Waals surface area contributed by atoms with E-state index in [1.165, 1.54) is 29.5 Å². The van der Waals surface area contributed by atoms with Gasteiger partial charge in [0.05, 0.1) is 11.4 Å². The molecule has 2 aromatic carbocycles. The summed E-state index contributed by atoms with van der Waals surface area (Å²) in [5.41, 5.74) is 2.89. The highest BCUT2D eigenvalue weighted by Crippen LogP contribution is 2.42. The molecular weight excluding hydrogens is 544 g/mol. The van der Waals surface area contributed by atoms with Gasteiger partial charge in [-0.25, -0.2) is 23.7 Å². The third kappa shape index (κ3) is 5.05. The highest BCUT2D eigenvalue weighted by atomic mass is 35.5. The van der Waals surface area contributed by atoms with Gasteiger partial charge in [0.1, 0.15) is 23.0 Å². The molecule has 8 nitrogen and oxygen atoms in total. The Morgan fingerprint density at radius 2 is 2.00 bits per heavy atom. The number of carbonyl (C=O) groups is 1. The summed E-state index contributed by atoms with van der Waals surface area (Å²) in [5, 5.41) is 9.08. The number of piperazine rings is 1. The van der Waals surface area contributed by atoms with Crippen LogP contribution in [0.2, 0.25) is 5.02 Å². The predicted octanol–water partition coefficient (Wildman–Crippen LogP) is 5.40. The number of hydrogen-bond acceptors (Lipinski definition) is 8. The zero-order valence-electron chi connectivity index (χ0n) is 20.9. The number of fused-ring (bicyclic) bond motifs is 3. The van der Waals surface area contributed by atoms with Crippen molar-refractivity contribution < 1.29 is 13.6 Å². The second-order valence-electron chi connectivity index (χ2n) is 9.47. The average molecular weight is 568 g/mol. The van der Waals surface area contributed by atoms with Crippen molar-refractivity contribution in [1.29, 1.82) is 0 Å². The topological polar surface area (TPSA) is 86.3 Å². The van der Waals surface area contributed by atoms with Crippen molar-refractivity contribution in [3.8, 4) is 11.3 Å². The fraction of sp³-hybridized carbons (Fsp3) is 0.259. The number of nitrogens with zero attached hydrogens (tertiary/aromatic N) is 5. The lowest BCUT2D eigenvalue weighted by atomic mass is 10.0. The van der Waals surface area contributed by atoms with Gasteiger partial charge in [0.25, 0.3) is 5.91 Å². The van der Waals surface area contributed by atoms with E-state index < -0.39 is 11.6 Å². The van der Waals surface area contributed by atoms with Crippen LogP contribution in [0.15, 0.2) is 48.0 Å². The molecule has 1 amide bonds. The van der Waals surface area contributed by atoms with E-state index in [0.29, 0.717) is 64.8 Å². The van der Waals surface area contributed by atoms with Gasteiger partial charge < -0.3 is 20.4 Å². The maximum Gasteiger partial charge on any atom is 0.273 e. The summed E-state index contributed by atoms with van der Waals surface area (Å²) in [5.74, 6) is -1.14. The van der Waals surface area contributed by atoms with Gasteiger partial charge in [0.15, 0.2) is 5.13 Å². The van der Waals surface area contributed by atoms with Crippen LogP contribution in [0.4, 0.5) is 31.2 Å². The normalized spacial score (nSPS) is 16.9. The molecule has 6 rings (SSSR count). The summed E-state index contributed by atoms with van der Waals surface area (Å²) in [7, 11) is 0. The Morgan fingerprint density at radius 3 is 2.79 bits per heavy atom. The molecule has 1 atom stereocenters. The summed E-state index contributed by atoms with van der Waals surface area (Å²) < 4.78 is 29.6. The molecule has 200 valence electrons. The first kappa shape index (κ1) is 25.6. The van der Waals surface area contributed by atoms with E-state index in [4.69, 9.17) is 16.6 Å². The minimum atomic E-state index is -0.662. The van der Waals surface area contributed by atoms with Gasteiger partial charge in [-0.3, -0.25) is 4.79 Å². The van der Waals surface area contributed by atoms with Gasteiger partial charge in [-0.1, -0.05) is 17.7 Å². The standard InChI is InChI=1S/C27H24ClF2N7OS/c1-15-13-36(10-8-31-15)25(38)21-14-39-27(33-21)35-26-32-12-16-7-9-37(24-19(29)3-2-4-20(24)30)22-11-17(28)5-6-18(22)23(16)34-26/h2-6,11-12,14-15,31H,7-10,13H2,1H3,(H,32,33,34,35)/t15-/m1/s1. The summed E-state index contributed by atoms with van der Waals surface area (Å²) >= 11 is 7.61. The Labute approximate surface area is 232 Å². The third-order valence-electron chi connectivity index (χ3n) is 6.78. The molecule has 0 unspecified atom stereocenters. The van der Waals surface area contributed by atoms with Crippen LogP contribution in [-0.4, -0.2) is 58.0 Å². The minimum Gasteiger partial charge on any atom is -0.336 e. The predicted molar refractivity (Wildman–Crippen MR) is 148 cm³/mol. The summed E-state index contributed by atoms with van der Waals surface area (Å²) in [6.07, 6.45) is 2.15. The molecule has 0 saturated carbocycles. The zero-order chi connectivity index (χ0) is 27.1. The Bertz CT molecular complexity index is 1540. The van der Waals surface area contributed by atoms with E-state index in [1.54, 1.807) is 39.6 Å². The second-order valence-corrected chi connectivity index (χ2v) is 10.8. The van der Waals surface area contributed by atoms with Crippen LogP contribution >= 0.6 is 22.9 Å². The van der Waals surface area contributed by atoms with Gasteiger partial charge in [-0.2, -0.15) is 0 Å². The van der Waals surface area contributed by atoms with E-state index in [1.807, 2.05) is 6.92 Å². The number of benzene rings is 2. The van der Waals surface area contributed by atoms with Gasteiger partial charge in [-0.15, -0.1) is 11.3 Å². The van der Waals surface area contributed by atoms with Crippen LogP contribution in [0.3, 0.4) is 0 Å². The lowest BCUT2D eigenvalue weighted by Gasteiger charge is -2.31. The van der Waals surface area contributed by atoms with E-state index in [2.05, 4.69) is 20.6 Å². The number of para-hydroxylation sites is 1. The van der Waals surface area contributed by atoms with Crippen LogP contribution < -0.4 is 15.5 Å². The molecule has 1 fully saturated rings. The van der Waals surface area contributed by atoms with Gasteiger partial charge in [0, 0.05) is 54.4 Å². The van der Waals surface area contributed by atoms with E-state index in [-0.39, 0.29) is 17.6 Å². The van der Waals surface area contributed by atoms with Crippen molar-refractivity contribution in [1.82, 2.24) is 25.2 Å². The first-order valence-corrected chi connectivity index (χ1v) is 13.8. The monoisotopic (exact) mass is 567 g/mol. The maximum atomic E-state index is 14.8. The Morgan fingerprint density at radius 1 is 1.18 bits per heavy atom. The smallest absolute Gasteiger partial charge is 0.273 e. The molecule has 0 bridgehead atoms. The van der Waals surface area contributed by atoms with Crippen molar-refractivity contribution >= 4 is 51.3 Å². The van der Waals surface area contributed by atoms with Gasteiger partial charge in [0.2, 0.25) is 5.95 Å². The number of aromatic nitrogens is 3. The number of thiazole rings is 1. The second kappa shape index (κ2) is 10.5. The van der Waals surface area contributed by atoms with Crippen LogP contribution in [0.1, 0.15) is 23.0 Å². The SMILES string of the molecule is C[C@@H]1CN(C(=O)c2csc(Nc3ncc4c(n3)-c3ccc(Cl)cc3N(c3c(F)cccc3F)CC4)n2)CCN1. The maximum absolute atomic E-state index is 14.8. The molecule has 4 aromatic rings. The lowest BCUT2D eigenvalue weighted by molar-refractivity contribution is 0.0704. The van der Waals surface area contributed by atoms with Gasteiger partial charge in [-0.05, 0) is 49.2 Å². The largest absolute Gasteiger partial charge is 0.336 e. The van der Waals surface area contributed by atoms with Crippen molar-refractivity contribution in [2.24, 2.45) is 0 Å². The van der Waals surface area contributed by atoms with Crippen LogP contribution in [0, 0.1) is 11.6 Å². The average Bonchev–Trinajstić information content (AvgIpc) is 3.32. The van der Waals surface area contributed by atoms with Gasteiger partial charge >= 0.3 is 0 Å². The first-order valence-electron chi connectivity index (χ1n) is 12.5. The zero-order valence-corrected chi connectivity index (χ0v) is 22.5. The van der Waals surface area contributed by atoms with Crippen LogP contribution in [-0.2, 0) is 6.42 Å². The number of hydrogen-bond donors (Lipinski definition) is 2.